The quantitative estimate of drug-likeness (QED) is 0.816. The zero-order valence-electron chi connectivity index (χ0n) is 13.0. The summed E-state index contributed by atoms with van der Waals surface area (Å²) < 4.78 is 5.66. The number of carboxylic acid groups (broad SMARTS) is 1. The van der Waals surface area contributed by atoms with Crippen molar-refractivity contribution in [3.8, 4) is 5.75 Å². The fourth-order valence-electron chi connectivity index (χ4n) is 1.76. The highest BCUT2D eigenvalue weighted by Gasteiger charge is 2.27. The summed E-state index contributed by atoms with van der Waals surface area (Å²) in [6, 6.07) is 10.8. The molecule has 2 aromatic rings. The number of benzene rings is 1. The lowest BCUT2D eigenvalue weighted by atomic mass is 9.94. The Labute approximate surface area is 138 Å². The van der Waals surface area contributed by atoms with Crippen LogP contribution in [0.4, 0.5) is 0 Å². The van der Waals surface area contributed by atoms with Crippen LogP contribution in [0.15, 0.2) is 41.8 Å². The molecule has 0 saturated heterocycles. The predicted molar refractivity (Wildman–Crippen MR) is 88.8 cm³/mol. The molecule has 2 rings (SSSR count). The van der Waals surface area contributed by atoms with Crippen LogP contribution in [0.2, 0.25) is 0 Å². The summed E-state index contributed by atoms with van der Waals surface area (Å²) in [5, 5.41) is 13.7. The standard InChI is InChI=1S/C17H19NO4S/c1-17(2,16(20)21)11-18-15(19)12-5-3-6-13(9-12)22-10-14-7-4-8-23-14/h3-9H,10-11H2,1-2H3,(H,18,19)(H,20,21). The molecule has 0 atom stereocenters. The molecule has 6 heteroatoms. The molecule has 1 aromatic heterocycles. The Bertz CT molecular complexity index is 680. The van der Waals surface area contributed by atoms with Gasteiger partial charge in [-0.15, -0.1) is 11.3 Å². The smallest absolute Gasteiger partial charge is 0.310 e. The number of hydrogen-bond acceptors (Lipinski definition) is 4. The number of ether oxygens (including phenoxy) is 1. The Kier molecular flexibility index (Phi) is 5.39. The number of carboxylic acids is 1. The minimum atomic E-state index is -1.01. The zero-order chi connectivity index (χ0) is 16.9. The maximum atomic E-state index is 12.1. The van der Waals surface area contributed by atoms with Crippen LogP contribution < -0.4 is 10.1 Å². The normalized spacial score (nSPS) is 11.0. The van der Waals surface area contributed by atoms with Crippen molar-refractivity contribution in [2.75, 3.05) is 6.54 Å². The average Bonchev–Trinajstić information content (AvgIpc) is 3.04. The van der Waals surface area contributed by atoms with Crippen molar-refractivity contribution in [1.29, 1.82) is 0 Å². The van der Waals surface area contributed by atoms with E-state index in [9.17, 15) is 9.59 Å². The summed E-state index contributed by atoms with van der Waals surface area (Å²) >= 11 is 1.61. The minimum Gasteiger partial charge on any atom is -0.488 e. The van der Waals surface area contributed by atoms with Crippen LogP contribution in [-0.4, -0.2) is 23.5 Å². The number of amides is 1. The van der Waals surface area contributed by atoms with E-state index in [0.29, 0.717) is 17.9 Å². The Morgan fingerprint density at radius 3 is 2.70 bits per heavy atom. The van der Waals surface area contributed by atoms with E-state index < -0.39 is 11.4 Å². The van der Waals surface area contributed by atoms with Gasteiger partial charge in [0.1, 0.15) is 12.4 Å². The molecule has 0 unspecified atom stereocenters. The molecule has 122 valence electrons. The van der Waals surface area contributed by atoms with Crippen LogP contribution in [0.25, 0.3) is 0 Å². The molecule has 5 nitrogen and oxygen atoms in total. The predicted octanol–water partition coefficient (Wildman–Crippen LogP) is 3.17. The molecule has 1 amide bonds. The van der Waals surface area contributed by atoms with Crippen LogP contribution in [0.1, 0.15) is 29.1 Å². The fourth-order valence-corrected chi connectivity index (χ4v) is 2.37. The van der Waals surface area contributed by atoms with E-state index in [1.807, 2.05) is 17.5 Å². The van der Waals surface area contributed by atoms with E-state index in [-0.39, 0.29) is 12.5 Å². The van der Waals surface area contributed by atoms with Gasteiger partial charge in [0.15, 0.2) is 0 Å². The zero-order valence-corrected chi connectivity index (χ0v) is 13.9. The summed E-state index contributed by atoms with van der Waals surface area (Å²) in [4.78, 5) is 24.3. The highest BCUT2D eigenvalue weighted by atomic mass is 32.1. The third-order valence-electron chi connectivity index (χ3n) is 3.33. The number of thiophene rings is 1. The van der Waals surface area contributed by atoms with E-state index in [0.717, 1.165) is 4.88 Å². The molecule has 0 aliphatic rings. The first-order valence-corrected chi connectivity index (χ1v) is 8.03. The van der Waals surface area contributed by atoms with Gasteiger partial charge in [0.25, 0.3) is 5.91 Å². The van der Waals surface area contributed by atoms with Gasteiger partial charge >= 0.3 is 5.97 Å². The first-order chi connectivity index (χ1) is 10.9. The number of carbonyl (C=O) groups excluding carboxylic acids is 1. The number of aliphatic carboxylic acids is 1. The van der Waals surface area contributed by atoms with Crippen molar-refractivity contribution in [1.82, 2.24) is 5.32 Å². The SMILES string of the molecule is CC(C)(CNC(=O)c1cccc(OCc2cccs2)c1)C(=O)O. The maximum Gasteiger partial charge on any atom is 0.310 e. The van der Waals surface area contributed by atoms with Gasteiger partial charge in [-0.25, -0.2) is 0 Å². The maximum absolute atomic E-state index is 12.1. The molecule has 2 N–H and O–H groups in total. The molecule has 0 saturated carbocycles. The van der Waals surface area contributed by atoms with Crippen LogP contribution in [0, 0.1) is 5.41 Å². The summed E-state index contributed by atoms with van der Waals surface area (Å²) in [7, 11) is 0. The van der Waals surface area contributed by atoms with Crippen molar-refractivity contribution in [2.45, 2.75) is 20.5 Å². The van der Waals surface area contributed by atoms with E-state index in [4.69, 9.17) is 9.84 Å². The van der Waals surface area contributed by atoms with Gasteiger partial charge in [0.05, 0.1) is 5.41 Å². The van der Waals surface area contributed by atoms with Crippen LogP contribution in [-0.2, 0) is 11.4 Å². The first kappa shape index (κ1) is 17.0. The van der Waals surface area contributed by atoms with Gasteiger partial charge in [-0.1, -0.05) is 12.1 Å². The summed E-state index contributed by atoms with van der Waals surface area (Å²) in [5.41, 5.74) is -0.571. The van der Waals surface area contributed by atoms with Crippen molar-refractivity contribution in [3.63, 3.8) is 0 Å². The molecule has 1 aromatic carbocycles. The van der Waals surface area contributed by atoms with Gasteiger partial charge < -0.3 is 15.2 Å². The fraction of sp³-hybridized carbons (Fsp3) is 0.294. The molecule has 0 spiro atoms. The van der Waals surface area contributed by atoms with E-state index in [1.165, 1.54) is 0 Å². The monoisotopic (exact) mass is 333 g/mol. The van der Waals surface area contributed by atoms with Crippen LogP contribution in [0.3, 0.4) is 0 Å². The van der Waals surface area contributed by atoms with Gasteiger partial charge in [-0.05, 0) is 43.5 Å². The van der Waals surface area contributed by atoms with E-state index in [1.54, 1.807) is 49.4 Å². The number of nitrogens with one attached hydrogen (secondary N) is 1. The molecule has 0 aliphatic carbocycles. The largest absolute Gasteiger partial charge is 0.488 e. The van der Waals surface area contributed by atoms with Crippen LogP contribution in [0.5, 0.6) is 5.75 Å². The van der Waals surface area contributed by atoms with Crippen LogP contribution >= 0.6 is 11.3 Å². The lowest BCUT2D eigenvalue weighted by molar-refractivity contribution is -0.146. The Morgan fingerprint density at radius 2 is 2.04 bits per heavy atom. The number of rotatable bonds is 7. The first-order valence-electron chi connectivity index (χ1n) is 7.15. The topological polar surface area (TPSA) is 75.6 Å². The summed E-state index contributed by atoms with van der Waals surface area (Å²) in [6.45, 7) is 3.64. The Hall–Kier alpha value is -2.34. The highest BCUT2D eigenvalue weighted by Crippen LogP contribution is 2.18. The molecule has 0 bridgehead atoms. The van der Waals surface area contributed by atoms with Crippen molar-refractivity contribution < 1.29 is 19.4 Å². The van der Waals surface area contributed by atoms with Gasteiger partial charge in [0.2, 0.25) is 0 Å². The second-order valence-electron chi connectivity index (χ2n) is 5.77. The average molecular weight is 333 g/mol. The van der Waals surface area contributed by atoms with Crippen molar-refractivity contribution >= 4 is 23.2 Å². The van der Waals surface area contributed by atoms with Gasteiger partial charge in [0, 0.05) is 17.0 Å². The molecule has 0 fully saturated rings. The van der Waals surface area contributed by atoms with E-state index >= 15 is 0 Å². The second kappa shape index (κ2) is 7.28. The number of carbonyl (C=O) groups is 2. The third kappa shape index (κ3) is 4.82. The molecule has 0 aliphatic heterocycles. The van der Waals surface area contributed by atoms with Gasteiger partial charge in [-0.2, -0.15) is 0 Å². The summed E-state index contributed by atoms with van der Waals surface area (Å²) in [6.07, 6.45) is 0. The molecule has 0 radical (unpaired) electrons. The van der Waals surface area contributed by atoms with E-state index in [2.05, 4.69) is 5.32 Å². The lowest BCUT2D eigenvalue weighted by Crippen LogP contribution is -2.38. The molecule has 1 heterocycles. The molecular formula is C17H19NO4S. The molecular weight excluding hydrogens is 314 g/mol. The van der Waals surface area contributed by atoms with Crippen molar-refractivity contribution in [2.24, 2.45) is 5.41 Å². The molecule has 23 heavy (non-hydrogen) atoms. The lowest BCUT2D eigenvalue weighted by Gasteiger charge is -2.19. The Morgan fingerprint density at radius 1 is 1.26 bits per heavy atom. The van der Waals surface area contributed by atoms with Gasteiger partial charge in [-0.3, -0.25) is 9.59 Å². The minimum absolute atomic E-state index is 0.0570. The third-order valence-corrected chi connectivity index (χ3v) is 4.18. The summed E-state index contributed by atoms with van der Waals surface area (Å²) in [5.74, 6) is -0.671. The second-order valence-corrected chi connectivity index (χ2v) is 6.80. The Balaban J connectivity index is 1.95. The highest BCUT2D eigenvalue weighted by molar-refractivity contribution is 7.09. The number of hydrogen-bond donors (Lipinski definition) is 2. The van der Waals surface area contributed by atoms with Crippen molar-refractivity contribution in [3.05, 3.63) is 52.2 Å².